The van der Waals surface area contributed by atoms with E-state index < -0.39 is 0 Å². The molecule has 0 unspecified atom stereocenters. The van der Waals surface area contributed by atoms with E-state index in [0.29, 0.717) is 30.2 Å². The Morgan fingerprint density at radius 3 is 2.64 bits per heavy atom. The summed E-state index contributed by atoms with van der Waals surface area (Å²) >= 11 is 0. The van der Waals surface area contributed by atoms with Crippen molar-refractivity contribution >= 4 is 6.09 Å². The predicted octanol–water partition coefficient (Wildman–Crippen LogP) is 3.62. The average molecular weight is 381 g/mol. The minimum Gasteiger partial charge on any atom is -0.408 e. The lowest BCUT2D eigenvalue weighted by Crippen LogP contribution is -2.40. The number of hydrogen-bond donors (Lipinski definition) is 0. The standard InChI is InChI=1S/C20H20FN5O2/c1-14-19(3-2-10-22-14)28-20(27)25-11-8-17(9-12-25)26-13-18(23-24-26)15-4-6-16(21)7-5-15/h2-7,10,13,17H,8-9,11-12H2,1H3. The molecule has 0 saturated carbocycles. The Bertz CT molecular complexity index is 965. The molecule has 0 spiro atoms. The second-order valence-electron chi connectivity index (χ2n) is 6.76. The first-order valence-corrected chi connectivity index (χ1v) is 9.16. The fourth-order valence-corrected chi connectivity index (χ4v) is 3.26. The van der Waals surface area contributed by atoms with E-state index in [9.17, 15) is 9.18 Å². The van der Waals surface area contributed by atoms with Gasteiger partial charge in [-0.25, -0.2) is 13.9 Å². The normalized spacial score (nSPS) is 14.9. The number of benzene rings is 1. The van der Waals surface area contributed by atoms with Crippen molar-refractivity contribution < 1.29 is 13.9 Å². The molecule has 8 heteroatoms. The van der Waals surface area contributed by atoms with Gasteiger partial charge in [-0.15, -0.1) is 5.10 Å². The highest BCUT2D eigenvalue weighted by Crippen LogP contribution is 2.25. The third-order valence-electron chi connectivity index (χ3n) is 4.90. The van der Waals surface area contributed by atoms with E-state index in [2.05, 4.69) is 15.3 Å². The van der Waals surface area contributed by atoms with Crippen molar-refractivity contribution in [2.24, 2.45) is 0 Å². The van der Waals surface area contributed by atoms with Gasteiger partial charge in [0.15, 0.2) is 5.75 Å². The monoisotopic (exact) mass is 381 g/mol. The molecule has 1 aromatic carbocycles. The zero-order valence-electron chi connectivity index (χ0n) is 15.5. The molecule has 7 nitrogen and oxygen atoms in total. The molecule has 1 aliphatic rings. The molecule has 3 heterocycles. The van der Waals surface area contributed by atoms with Crippen LogP contribution < -0.4 is 4.74 Å². The molecule has 1 fully saturated rings. The zero-order chi connectivity index (χ0) is 19.5. The van der Waals surface area contributed by atoms with Gasteiger partial charge in [0.1, 0.15) is 11.5 Å². The Morgan fingerprint density at radius 1 is 1.18 bits per heavy atom. The van der Waals surface area contributed by atoms with Crippen LogP contribution in [0.25, 0.3) is 11.3 Å². The van der Waals surface area contributed by atoms with Crippen molar-refractivity contribution in [1.29, 1.82) is 0 Å². The largest absolute Gasteiger partial charge is 0.415 e. The van der Waals surface area contributed by atoms with E-state index in [0.717, 1.165) is 18.4 Å². The second-order valence-corrected chi connectivity index (χ2v) is 6.76. The van der Waals surface area contributed by atoms with Crippen molar-refractivity contribution in [1.82, 2.24) is 24.9 Å². The summed E-state index contributed by atoms with van der Waals surface area (Å²) in [5, 5.41) is 8.41. The molecule has 0 bridgehead atoms. The second kappa shape index (κ2) is 7.75. The lowest BCUT2D eigenvalue weighted by molar-refractivity contribution is 0.129. The Morgan fingerprint density at radius 2 is 1.93 bits per heavy atom. The van der Waals surface area contributed by atoms with Gasteiger partial charge in [0.05, 0.1) is 17.9 Å². The summed E-state index contributed by atoms with van der Waals surface area (Å²) in [5.41, 5.74) is 2.20. The smallest absolute Gasteiger partial charge is 0.408 e. The fraction of sp³-hybridized carbons (Fsp3) is 0.300. The third kappa shape index (κ3) is 3.85. The third-order valence-corrected chi connectivity index (χ3v) is 4.90. The van der Waals surface area contributed by atoms with Crippen LogP contribution in [0.1, 0.15) is 24.6 Å². The summed E-state index contributed by atoms with van der Waals surface area (Å²) in [6.45, 7) is 2.96. The summed E-state index contributed by atoms with van der Waals surface area (Å²) in [4.78, 5) is 18.2. The van der Waals surface area contributed by atoms with E-state index in [4.69, 9.17) is 4.74 Å². The topological polar surface area (TPSA) is 73.1 Å². The van der Waals surface area contributed by atoms with Gasteiger partial charge >= 0.3 is 6.09 Å². The molecule has 144 valence electrons. The van der Waals surface area contributed by atoms with Gasteiger partial charge in [0.25, 0.3) is 0 Å². The van der Waals surface area contributed by atoms with E-state index in [-0.39, 0.29) is 18.0 Å². The van der Waals surface area contributed by atoms with Crippen molar-refractivity contribution in [2.75, 3.05) is 13.1 Å². The summed E-state index contributed by atoms with van der Waals surface area (Å²) < 4.78 is 20.4. The summed E-state index contributed by atoms with van der Waals surface area (Å²) in [6.07, 6.45) is 4.68. The number of likely N-dealkylation sites (tertiary alicyclic amines) is 1. The van der Waals surface area contributed by atoms with Gasteiger partial charge in [0.2, 0.25) is 0 Å². The number of aryl methyl sites for hydroxylation is 1. The van der Waals surface area contributed by atoms with Gasteiger partial charge in [-0.2, -0.15) is 0 Å². The Kier molecular flexibility index (Phi) is 5.01. The molecule has 2 aromatic heterocycles. The number of nitrogens with zero attached hydrogens (tertiary/aromatic N) is 5. The number of carbonyl (C=O) groups excluding carboxylic acids is 1. The number of carbonyl (C=O) groups is 1. The molecule has 3 aromatic rings. The summed E-state index contributed by atoms with van der Waals surface area (Å²) in [6, 6.07) is 9.81. The van der Waals surface area contributed by atoms with E-state index in [1.807, 2.05) is 10.9 Å². The number of halogens is 1. The van der Waals surface area contributed by atoms with Crippen LogP contribution in [0.4, 0.5) is 9.18 Å². The zero-order valence-corrected chi connectivity index (χ0v) is 15.5. The molecule has 0 atom stereocenters. The molecular weight excluding hydrogens is 361 g/mol. The van der Waals surface area contributed by atoms with Crippen molar-refractivity contribution in [3.8, 4) is 17.0 Å². The lowest BCUT2D eigenvalue weighted by Gasteiger charge is -2.31. The van der Waals surface area contributed by atoms with Gasteiger partial charge in [-0.05, 0) is 56.2 Å². The highest BCUT2D eigenvalue weighted by atomic mass is 19.1. The van der Waals surface area contributed by atoms with Crippen LogP contribution in [-0.2, 0) is 0 Å². The Balaban J connectivity index is 1.36. The number of aromatic nitrogens is 4. The minimum absolute atomic E-state index is 0.158. The van der Waals surface area contributed by atoms with Gasteiger partial charge in [-0.3, -0.25) is 4.98 Å². The maximum atomic E-state index is 13.1. The van der Waals surface area contributed by atoms with Crippen molar-refractivity contribution in [3.05, 3.63) is 60.3 Å². The van der Waals surface area contributed by atoms with E-state index in [1.54, 1.807) is 42.3 Å². The van der Waals surface area contributed by atoms with E-state index in [1.165, 1.54) is 12.1 Å². The highest BCUT2D eigenvalue weighted by molar-refractivity contribution is 5.71. The van der Waals surface area contributed by atoms with Crippen molar-refractivity contribution in [2.45, 2.75) is 25.8 Å². The first-order valence-electron chi connectivity index (χ1n) is 9.16. The molecule has 0 radical (unpaired) electrons. The number of pyridine rings is 1. The Labute approximate surface area is 161 Å². The average Bonchev–Trinajstić information content (AvgIpc) is 3.20. The molecule has 1 aliphatic heterocycles. The van der Waals surface area contributed by atoms with E-state index >= 15 is 0 Å². The van der Waals surface area contributed by atoms with Crippen LogP contribution in [0.5, 0.6) is 5.75 Å². The molecule has 0 N–H and O–H groups in total. The van der Waals surface area contributed by atoms with Crippen LogP contribution in [0.15, 0.2) is 48.8 Å². The summed E-state index contributed by atoms with van der Waals surface area (Å²) in [5.74, 6) is 0.201. The first-order chi connectivity index (χ1) is 13.6. The van der Waals surface area contributed by atoms with Gasteiger partial charge < -0.3 is 9.64 Å². The van der Waals surface area contributed by atoms with Gasteiger partial charge in [0, 0.05) is 24.8 Å². The molecule has 1 saturated heterocycles. The van der Waals surface area contributed by atoms with Crippen LogP contribution in [0, 0.1) is 12.7 Å². The highest BCUT2D eigenvalue weighted by Gasteiger charge is 2.26. The van der Waals surface area contributed by atoms with Crippen LogP contribution in [0.2, 0.25) is 0 Å². The summed E-state index contributed by atoms with van der Waals surface area (Å²) in [7, 11) is 0. The van der Waals surface area contributed by atoms with Gasteiger partial charge in [-0.1, -0.05) is 5.21 Å². The lowest BCUT2D eigenvalue weighted by atomic mass is 10.1. The molecule has 28 heavy (non-hydrogen) atoms. The number of ether oxygens (including phenoxy) is 1. The molecular formula is C20H20FN5O2. The Hall–Kier alpha value is -3.29. The number of hydrogen-bond acceptors (Lipinski definition) is 5. The van der Waals surface area contributed by atoms with Crippen LogP contribution >= 0.6 is 0 Å². The molecule has 0 aliphatic carbocycles. The first kappa shape index (κ1) is 18.1. The number of piperidine rings is 1. The van der Waals surface area contributed by atoms with Crippen molar-refractivity contribution in [3.63, 3.8) is 0 Å². The molecule has 4 rings (SSSR count). The molecule has 1 amide bonds. The van der Waals surface area contributed by atoms with Crippen LogP contribution in [0.3, 0.4) is 0 Å². The van der Waals surface area contributed by atoms with Crippen LogP contribution in [-0.4, -0.2) is 44.1 Å². The SMILES string of the molecule is Cc1ncccc1OC(=O)N1CCC(n2cc(-c3ccc(F)cc3)nn2)CC1. The number of rotatable bonds is 3. The fourth-order valence-electron chi connectivity index (χ4n) is 3.26. The quantitative estimate of drug-likeness (QED) is 0.693. The maximum Gasteiger partial charge on any atom is 0.415 e. The minimum atomic E-state index is -0.361. The maximum absolute atomic E-state index is 13.1. The number of amides is 1. The predicted molar refractivity (Wildman–Crippen MR) is 100 cm³/mol.